The van der Waals surface area contributed by atoms with Gasteiger partial charge in [0.05, 0.1) is 12.7 Å². The van der Waals surface area contributed by atoms with Gasteiger partial charge in [-0.05, 0) is 0 Å². The molecule has 0 unspecified atom stereocenters. The van der Waals surface area contributed by atoms with E-state index >= 15 is 0 Å². The zero-order chi connectivity index (χ0) is 15.4. The number of aromatic nitrogens is 4. The summed E-state index contributed by atoms with van der Waals surface area (Å²) in [6.45, 7) is 0.971. The molecule has 110 valence electrons. The summed E-state index contributed by atoms with van der Waals surface area (Å²) >= 11 is 0. The number of nitriles is 1. The van der Waals surface area contributed by atoms with Crippen molar-refractivity contribution in [1.82, 2.24) is 24.8 Å². The second-order valence-electron chi connectivity index (χ2n) is 4.69. The van der Waals surface area contributed by atoms with Gasteiger partial charge in [0, 0.05) is 37.8 Å². The Morgan fingerprint density at radius 3 is 2.86 bits per heavy atom. The Balaban J connectivity index is 1.66. The lowest BCUT2D eigenvalue weighted by Gasteiger charge is -2.16. The number of rotatable bonds is 3. The molecule has 2 aromatic heterocycles. The van der Waals surface area contributed by atoms with E-state index in [2.05, 4.69) is 19.9 Å². The Morgan fingerprint density at radius 2 is 2.09 bits per heavy atom. The van der Waals surface area contributed by atoms with Crippen LogP contribution in [0, 0.1) is 11.3 Å². The minimum Gasteiger partial charge on any atom is -0.470 e. The fraction of sp³-hybridized carbons (Fsp3) is 0.286. The van der Waals surface area contributed by atoms with Gasteiger partial charge in [0.1, 0.15) is 17.9 Å². The quantitative estimate of drug-likeness (QED) is 0.808. The van der Waals surface area contributed by atoms with Crippen LogP contribution in [0.1, 0.15) is 22.6 Å². The summed E-state index contributed by atoms with van der Waals surface area (Å²) in [5.74, 6) is 0.0163. The number of hydrogen-bond acceptors (Lipinski definition) is 7. The van der Waals surface area contributed by atoms with Gasteiger partial charge in [-0.1, -0.05) is 0 Å². The maximum Gasteiger partial charge on any atom is 0.274 e. The van der Waals surface area contributed by atoms with E-state index < -0.39 is 0 Å². The van der Waals surface area contributed by atoms with Crippen molar-refractivity contribution in [3.05, 3.63) is 42.4 Å². The van der Waals surface area contributed by atoms with E-state index in [1.807, 2.05) is 6.07 Å². The van der Waals surface area contributed by atoms with Crippen molar-refractivity contribution in [2.24, 2.45) is 0 Å². The summed E-state index contributed by atoms with van der Waals surface area (Å²) in [7, 11) is 0. The molecule has 0 saturated carbocycles. The predicted molar refractivity (Wildman–Crippen MR) is 73.7 cm³/mol. The number of carbonyl (C=O) groups is 1. The molecular formula is C14H12N6O2. The monoisotopic (exact) mass is 296 g/mol. The topological polar surface area (TPSA) is 105 Å². The van der Waals surface area contributed by atoms with Gasteiger partial charge in [0.25, 0.3) is 11.8 Å². The molecule has 0 aliphatic carbocycles. The van der Waals surface area contributed by atoms with Crippen LogP contribution < -0.4 is 4.74 Å². The number of amides is 1. The summed E-state index contributed by atoms with van der Waals surface area (Å²) < 4.78 is 5.69. The highest BCUT2D eigenvalue weighted by Gasteiger charge is 2.29. The molecule has 0 aromatic carbocycles. The maximum absolute atomic E-state index is 12.3. The predicted octanol–water partition coefficient (Wildman–Crippen LogP) is 0.432. The van der Waals surface area contributed by atoms with Crippen molar-refractivity contribution in [3.8, 4) is 11.9 Å². The highest BCUT2D eigenvalue weighted by Crippen LogP contribution is 2.19. The SMILES string of the molecule is N#Cc1nccnc1O[C@@H]1CCN(C(=O)c2cnccn2)C1. The fourth-order valence-corrected chi connectivity index (χ4v) is 2.23. The summed E-state index contributed by atoms with van der Waals surface area (Å²) in [6, 6.07) is 1.93. The van der Waals surface area contributed by atoms with Gasteiger partial charge >= 0.3 is 0 Å². The van der Waals surface area contributed by atoms with Gasteiger partial charge in [-0.15, -0.1) is 0 Å². The largest absolute Gasteiger partial charge is 0.470 e. The summed E-state index contributed by atoms with van der Waals surface area (Å²) in [5, 5.41) is 8.97. The molecular weight excluding hydrogens is 284 g/mol. The lowest BCUT2D eigenvalue weighted by molar-refractivity contribution is 0.0764. The molecule has 8 nitrogen and oxygen atoms in total. The Morgan fingerprint density at radius 1 is 1.27 bits per heavy atom. The number of ether oxygens (including phenoxy) is 1. The standard InChI is InChI=1S/C14H12N6O2/c15-7-11-13(19-5-4-17-11)22-10-1-6-20(9-10)14(21)12-8-16-2-3-18-12/h2-5,8,10H,1,6,9H2/t10-/m1/s1. The van der Waals surface area contributed by atoms with Crippen LogP contribution in [0.5, 0.6) is 5.88 Å². The van der Waals surface area contributed by atoms with Gasteiger partial charge in [-0.25, -0.2) is 15.0 Å². The highest BCUT2D eigenvalue weighted by molar-refractivity contribution is 5.92. The molecule has 1 amide bonds. The van der Waals surface area contributed by atoms with Crippen LogP contribution >= 0.6 is 0 Å². The Bertz CT molecular complexity index is 715. The normalized spacial score (nSPS) is 17.0. The zero-order valence-corrected chi connectivity index (χ0v) is 11.6. The van der Waals surface area contributed by atoms with Crippen molar-refractivity contribution in [1.29, 1.82) is 5.26 Å². The van der Waals surface area contributed by atoms with Crippen LogP contribution in [0.3, 0.4) is 0 Å². The first-order chi connectivity index (χ1) is 10.8. The molecule has 8 heteroatoms. The molecule has 1 aliphatic rings. The molecule has 2 aromatic rings. The number of likely N-dealkylation sites (tertiary alicyclic amines) is 1. The molecule has 1 aliphatic heterocycles. The zero-order valence-electron chi connectivity index (χ0n) is 11.6. The Hall–Kier alpha value is -3.08. The second-order valence-corrected chi connectivity index (χ2v) is 4.69. The van der Waals surface area contributed by atoms with Gasteiger partial charge in [-0.3, -0.25) is 9.78 Å². The fourth-order valence-electron chi connectivity index (χ4n) is 2.23. The van der Waals surface area contributed by atoms with Crippen LogP contribution in [0.2, 0.25) is 0 Å². The molecule has 0 radical (unpaired) electrons. The average Bonchev–Trinajstić information content (AvgIpc) is 3.04. The minimum absolute atomic E-state index is 0.140. The third kappa shape index (κ3) is 2.83. The lowest BCUT2D eigenvalue weighted by Crippen LogP contribution is -2.31. The molecule has 22 heavy (non-hydrogen) atoms. The summed E-state index contributed by atoms with van der Waals surface area (Å²) in [6.07, 6.45) is 7.78. The van der Waals surface area contributed by atoms with Gasteiger partial charge in [-0.2, -0.15) is 5.26 Å². The summed E-state index contributed by atoms with van der Waals surface area (Å²) in [4.78, 5) is 29.7. The first kappa shape index (κ1) is 13.9. The molecule has 0 N–H and O–H groups in total. The number of hydrogen-bond donors (Lipinski definition) is 0. The minimum atomic E-state index is -0.218. The van der Waals surface area contributed by atoms with Gasteiger partial charge in [0.15, 0.2) is 0 Å². The Labute approximate surface area is 126 Å². The van der Waals surface area contributed by atoms with Crippen molar-refractivity contribution < 1.29 is 9.53 Å². The third-order valence-electron chi connectivity index (χ3n) is 3.26. The second kappa shape index (κ2) is 6.13. The van der Waals surface area contributed by atoms with Crippen LogP contribution in [-0.2, 0) is 0 Å². The van der Waals surface area contributed by atoms with Crippen LogP contribution in [0.25, 0.3) is 0 Å². The maximum atomic E-state index is 12.3. The molecule has 3 heterocycles. The van der Waals surface area contributed by atoms with E-state index in [9.17, 15) is 4.79 Å². The number of carbonyl (C=O) groups excluding carboxylic acids is 1. The molecule has 1 fully saturated rings. The van der Waals surface area contributed by atoms with E-state index in [-0.39, 0.29) is 23.6 Å². The highest BCUT2D eigenvalue weighted by atomic mass is 16.5. The van der Waals surface area contributed by atoms with Gasteiger partial charge in [0.2, 0.25) is 5.69 Å². The van der Waals surface area contributed by atoms with Crippen molar-refractivity contribution in [3.63, 3.8) is 0 Å². The first-order valence-corrected chi connectivity index (χ1v) is 6.71. The van der Waals surface area contributed by atoms with E-state index in [0.717, 1.165) is 0 Å². The van der Waals surface area contributed by atoms with Crippen LogP contribution in [0.4, 0.5) is 0 Å². The molecule has 1 atom stereocenters. The lowest BCUT2D eigenvalue weighted by atomic mass is 10.3. The molecule has 0 spiro atoms. The van der Waals surface area contributed by atoms with Crippen LogP contribution in [-0.4, -0.2) is 49.9 Å². The molecule has 0 bridgehead atoms. The summed E-state index contributed by atoms with van der Waals surface area (Å²) in [5.41, 5.74) is 0.446. The molecule has 3 rings (SSSR count). The van der Waals surface area contributed by atoms with Crippen molar-refractivity contribution >= 4 is 5.91 Å². The van der Waals surface area contributed by atoms with Gasteiger partial charge < -0.3 is 9.64 Å². The van der Waals surface area contributed by atoms with Crippen molar-refractivity contribution in [2.45, 2.75) is 12.5 Å². The van der Waals surface area contributed by atoms with E-state index in [0.29, 0.717) is 25.2 Å². The van der Waals surface area contributed by atoms with Crippen LogP contribution in [0.15, 0.2) is 31.0 Å². The molecule has 1 saturated heterocycles. The Kier molecular flexibility index (Phi) is 3.87. The van der Waals surface area contributed by atoms with E-state index in [1.54, 1.807) is 4.90 Å². The average molecular weight is 296 g/mol. The van der Waals surface area contributed by atoms with E-state index in [1.165, 1.54) is 31.0 Å². The smallest absolute Gasteiger partial charge is 0.274 e. The van der Waals surface area contributed by atoms with E-state index in [4.69, 9.17) is 10.00 Å². The third-order valence-corrected chi connectivity index (χ3v) is 3.26. The first-order valence-electron chi connectivity index (χ1n) is 6.71. The van der Waals surface area contributed by atoms with Crippen molar-refractivity contribution in [2.75, 3.05) is 13.1 Å². The number of nitrogens with zero attached hydrogens (tertiary/aromatic N) is 6.